The zero-order valence-electron chi connectivity index (χ0n) is 41.8. The Morgan fingerprint density at radius 3 is 0.803 bits per heavy atom. The second-order valence-corrected chi connectivity index (χ2v) is 19.8. The number of hydrogen-bond donors (Lipinski definition) is 0. The van der Waals surface area contributed by atoms with Crippen molar-refractivity contribution in [3.63, 3.8) is 0 Å². The van der Waals surface area contributed by atoms with E-state index in [4.69, 9.17) is 14.2 Å². The molecular weight excluding hydrogens is 757 g/mol. The number of carbonyl (C=O) groups excluding carboxylic acids is 3. The van der Waals surface area contributed by atoms with Crippen LogP contribution in [0.4, 0.5) is 0 Å². The van der Waals surface area contributed by atoms with E-state index in [1.807, 2.05) is 0 Å². The first-order valence-electron chi connectivity index (χ1n) is 27.2. The van der Waals surface area contributed by atoms with E-state index < -0.39 is 6.10 Å². The van der Waals surface area contributed by atoms with Crippen molar-refractivity contribution in [3.05, 3.63) is 0 Å². The summed E-state index contributed by atoms with van der Waals surface area (Å²) < 4.78 is 16.8. The van der Waals surface area contributed by atoms with Gasteiger partial charge in [-0.25, -0.2) is 0 Å². The summed E-state index contributed by atoms with van der Waals surface area (Å²) >= 11 is 0. The predicted octanol–water partition coefficient (Wildman–Crippen LogP) is 17.7. The van der Waals surface area contributed by atoms with Gasteiger partial charge in [-0.2, -0.15) is 0 Å². The number of rotatable bonds is 49. The smallest absolute Gasteiger partial charge is 0.306 e. The monoisotopic (exact) mass is 863 g/mol. The van der Waals surface area contributed by atoms with Crippen LogP contribution in [0.25, 0.3) is 0 Å². The van der Waals surface area contributed by atoms with Crippen molar-refractivity contribution >= 4 is 17.9 Å². The lowest BCUT2D eigenvalue weighted by Crippen LogP contribution is -2.30. The van der Waals surface area contributed by atoms with Crippen molar-refractivity contribution in [2.24, 2.45) is 11.8 Å². The molecule has 0 saturated heterocycles. The molecule has 0 aromatic carbocycles. The molecule has 0 N–H and O–H groups in total. The average molecular weight is 863 g/mol. The molecule has 1 atom stereocenters. The van der Waals surface area contributed by atoms with Crippen molar-refractivity contribution in [2.45, 2.75) is 310 Å². The number of carbonyl (C=O) groups is 3. The third-order valence-corrected chi connectivity index (χ3v) is 12.5. The third-order valence-electron chi connectivity index (χ3n) is 12.5. The molecule has 0 spiro atoms. The minimum Gasteiger partial charge on any atom is -0.462 e. The van der Waals surface area contributed by atoms with Crippen LogP contribution in [0, 0.1) is 11.8 Å². The van der Waals surface area contributed by atoms with E-state index in [2.05, 4.69) is 34.6 Å². The minimum atomic E-state index is -0.762. The maximum absolute atomic E-state index is 12.8. The van der Waals surface area contributed by atoms with Crippen LogP contribution in [0.15, 0.2) is 0 Å². The Balaban J connectivity index is 4.25. The summed E-state index contributed by atoms with van der Waals surface area (Å²) in [4.78, 5) is 38.0. The minimum absolute atomic E-state index is 0.0637. The molecule has 0 bridgehead atoms. The van der Waals surface area contributed by atoms with Crippen LogP contribution < -0.4 is 0 Å². The summed E-state index contributed by atoms with van der Waals surface area (Å²) in [5.74, 6) is 0.784. The van der Waals surface area contributed by atoms with E-state index in [1.54, 1.807) is 0 Å². The van der Waals surface area contributed by atoms with Gasteiger partial charge in [0.2, 0.25) is 0 Å². The summed E-state index contributed by atoms with van der Waals surface area (Å²) in [7, 11) is 0. The fourth-order valence-corrected chi connectivity index (χ4v) is 8.34. The van der Waals surface area contributed by atoms with Gasteiger partial charge in [0.1, 0.15) is 13.2 Å². The van der Waals surface area contributed by atoms with Crippen LogP contribution in [0.3, 0.4) is 0 Å². The van der Waals surface area contributed by atoms with Gasteiger partial charge in [-0.3, -0.25) is 14.4 Å². The quantitative estimate of drug-likeness (QED) is 0.0344. The lowest BCUT2D eigenvalue weighted by molar-refractivity contribution is -0.167. The molecule has 0 aliphatic heterocycles. The first-order chi connectivity index (χ1) is 29.7. The third kappa shape index (κ3) is 49.3. The van der Waals surface area contributed by atoms with Crippen molar-refractivity contribution in [1.82, 2.24) is 0 Å². The van der Waals surface area contributed by atoms with E-state index in [9.17, 15) is 14.4 Å². The lowest BCUT2D eigenvalue weighted by Gasteiger charge is -2.18. The first-order valence-corrected chi connectivity index (χ1v) is 27.2. The highest BCUT2D eigenvalue weighted by Crippen LogP contribution is 2.18. The maximum Gasteiger partial charge on any atom is 0.306 e. The van der Waals surface area contributed by atoms with Gasteiger partial charge < -0.3 is 14.2 Å². The maximum atomic E-state index is 12.8. The molecule has 0 heterocycles. The molecule has 0 rings (SSSR count). The molecule has 362 valence electrons. The topological polar surface area (TPSA) is 78.9 Å². The van der Waals surface area contributed by atoms with Crippen LogP contribution in [0.1, 0.15) is 304 Å². The lowest BCUT2D eigenvalue weighted by atomic mass is 10.0. The molecule has 6 heteroatoms. The summed E-state index contributed by atoms with van der Waals surface area (Å²) in [5, 5.41) is 0. The zero-order chi connectivity index (χ0) is 44.7. The van der Waals surface area contributed by atoms with E-state index in [0.717, 1.165) is 69.6 Å². The SMILES string of the molecule is CCCCCCCCCCCCCCCCCC(=O)O[C@H](COC(=O)CCCCCCCCCCCCCCCCCC(C)C)COC(=O)CCCCCCCCCC(C)C. The molecule has 6 nitrogen and oxygen atoms in total. The first kappa shape index (κ1) is 59.4. The predicted molar refractivity (Wildman–Crippen MR) is 261 cm³/mol. The fourth-order valence-electron chi connectivity index (χ4n) is 8.34. The number of esters is 3. The standard InChI is InChI=1S/C55H106O6/c1-6-7-8-9-10-11-12-13-15-20-23-26-31-37-42-47-55(58)61-52(49-60-54(57)46-41-36-32-27-29-34-39-44-51(4)5)48-59-53(56)45-40-35-30-25-22-19-17-14-16-18-21-24-28-33-38-43-50(2)3/h50-52H,6-49H2,1-5H3/t52-/m1/s1. The van der Waals surface area contributed by atoms with Crippen molar-refractivity contribution in [1.29, 1.82) is 0 Å². The van der Waals surface area contributed by atoms with Crippen molar-refractivity contribution in [3.8, 4) is 0 Å². The van der Waals surface area contributed by atoms with E-state index in [1.165, 1.54) is 193 Å². The zero-order valence-corrected chi connectivity index (χ0v) is 41.8. The Kier molecular flexibility index (Phi) is 46.6. The fraction of sp³-hybridized carbons (Fsp3) is 0.945. The summed E-state index contributed by atoms with van der Waals surface area (Å²) in [6.07, 6.45) is 49.6. The van der Waals surface area contributed by atoms with Crippen molar-refractivity contribution in [2.75, 3.05) is 13.2 Å². The Labute approximate surface area is 380 Å². The van der Waals surface area contributed by atoms with Gasteiger partial charge in [0.05, 0.1) is 0 Å². The molecular formula is C55H106O6. The second kappa shape index (κ2) is 47.9. The Hall–Kier alpha value is -1.59. The van der Waals surface area contributed by atoms with Crippen molar-refractivity contribution < 1.29 is 28.6 Å². The molecule has 0 aliphatic rings. The molecule has 0 saturated carbocycles. The number of unbranched alkanes of at least 4 members (excludes halogenated alkanes) is 34. The van der Waals surface area contributed by atoms with Gasteiger partial charge in [0, 0.05) is 19.3 Å². The van der Waals surface area contributed by atoms with Crippen LogP contribution in [-0.4, -0.2) is 37.2 Å². The highest BCUT2D eigenvalue weighted by atomic mass is 16.6. The van der Waals surface area contributed by atoms with Gasteiger partial charge in [0.25, 0.3) is 0 Å². The normalized spacial score (nSPS) is 12.0. The van der Waals surface area contributed by atoms with E-state index in [-0.39, 0.29) is 31.1 Å². The van der Waals surface area contributed by atoms with Gasteiger partial charge >= 0.3 is 17.9 Å². The van der Waals surface area contributed by atoms with E-state index in [0.29, 0.717) is 19.3 Å². The summed E-state index contributed by atoms with van der Waals surface area (Å²) in [6, 6.07) is 0. The van der Waals surface area contributed by atoms with Gasteiger partial charge in [-0.05, 0) is 31.1 Å². The van der Waals surface area contributed by atoms with Crippen LogP contribution >= 0.6 is 0 Å². The molecule has 0 aromatic heterocycles. The molecule has 0 aromatic rings. The Morgan fingerprint density at radius 1 is 0.311 bits per heavy atom. The average Bonchev–Trinajstić information content (AvgIpc) is 3.23. The highest BCUT2D eigenvalue weighted by Gasteiger charge is 2.19. The Bertz CT molecular complexity index is 931. The van der Waals surface area contributed by atoms with E-state index >= 15 is 0 Å². The van der Waals surface area contributed by atoms with Gasteiger partial charge in [-0.15, -0.1) is 0 Å². The van der Waals surface area contributed by atoms with Crippen LogP contribution in [0.5, 0.6) is 0 Å². The summed E-state index contributed by atoms with van der Waals surface area (Å²) in [6.45, 7) is 11.4. The van der Waals surface area contributed by atoms with Crippen LogP contribution in [-0.2, 0) is 28.6 Å². The molecule has 0 amide bonds. The van der Waals surface area contributed by atoms with Crippen LogP contribution in [0.2, 0.25) is 0 Å². The summed E-state index contributed by atoms with van der Waals surface area (Å²) in [5.41, 5.74) is 0. The molecule has 0 fully saturated rings. The Morgan fingerprint density at radius 2 is 0.541 bits per heavy atom. The van der Waals surface area contributed by atoms with Gasteiger partial charge in [-0.1, -0.05) is 266 Å². The number of hydrogen-bond acceptors (Lipinski definition) is 6. The second-order valence-electron chi connectivity index (χ2n) is 19.8. The molecule has 61 heavy (non-hydrogen) atoms. The number of ether oxygens (including phenoxy) is 3. The largest absolute Gasteiger partial charge is 0.462 e. The highest BCUT2D eigenvalue weighted by molar-refractivity contribution is 5.71. The molecule has 0 radical (unpaired) electrons. The van der Waals surface area contributed by atoms with Gasteiger partial charge in [0.15, 0.2) is 6.10 Å². The molecule has 0 unspecified atom stereocenters. The molecule has 0 aliphatic carbocycles.